The van der Waals surface area contributed by atoms with Gasteiger partial charge < -0.3 is 9.64 Å². The van der Waals surface area contributed by atoms with Crippen molar-refractivity contribution in [3.05, 3.63) is 34.7 Å². The number of benzene rings is 1. The molecule has 1 aromatic rings. The highest BCUT2D eigenvalue weighted by Gasteiger charge is 2.30. The number of amidine groups is 1. The molecule has 3 rings (SSSR count). The largest absolute Gasteiger partial charge is 0.378 e. The van der Waals surface area contributed by atoms with Crippen molar-refractivity contribution in [1.82, 2.24) is 4.90 Å². The lowest BCUT2D eigenvalue weighted by Gasteiger charge is -2.30. The van der Waals surface area contributed by atoms with Crippen molar-refractivity contribution in [2.75, 3.05) is 45.3 Å². The van der Waals surface area contributed by atoms with E-state index in [0.29, 0.717) is 4.91 Å². The molecule has 2 fully saturated rings. The molecule has 0 saturated carbocycles. The van der Waals surface area contributed by atoms with Crippen LogP contribution in [0.1, 0.15) is 5.56 Å². The third kappa shape index (κ3) is 2.89. The van der Waals surface area contributed by atoms with Crippen LogP contribution in [0.25, 0.3) is 6.08 Å². The van der Waals surface area contributed by atoms with Gasteiger partial charge in [0, 0.05) is 32.9 Å². The Morgan fingerprint density at radius 2 is 2.00 bits per heavy atom. The summed E-state index contributed by atoms with van der Waals surface area (Å²) in [5, 5.41) is 0.736. The molecule has 6 heteroatoms. The Bertz CT molecular complexity index is 636. The summed E-state index contributed by atoms with van der Waals surface area (Å²) in [6, 6.07) is 8.17. The van der Waals surface area contributed by atoms with E-state index in [-0.39, 0.29) is 5.91 Å². The van der Waals surface area contributed by atoms with Crippen LogP contribution in [0.2, 0.25) is 0 Å². The first kappa shape index (κ1) is 15.1. The molecule has 2 aliphatic rings. The minimum Gasteiger partial charge on any atom is -0.378 e. The molecule has 0 atom stereocenters. The molecule has 0 aromatic heterocycles. The topological polar surface area (TPSA) is 45.1 Å². The zero-order chi connectivity index (χ0) is 15.5. The van der Waals surface area contributed by atoms with Crippen molar-refractivity contribution < 1.29 is 9.53 Å². The van der Waals surface area contributed by atoms with E-state index < -0.39 is 0 Å². The minimum absolute atomic E-state index is 0.00220. The van der Waals surface area contributed by atoms with Crippen LogP contribution in [0.15, 0.2) is 34.2 Å². The number of morpholine rings is 1. The number of carbonyl (C=O) groups excluding carboxylic acids is 1. The molecule has 2 aliphatic heterocycles. The highest BCUT2D eigenvalue weighted by molar-refractivity contribution is 8.18. The number of hydrogen-bond acceptors (Lipinski definition) is 5. The van der Waals surface area contributed by atoms with Gasteiger partial charge in [0.15, 0.2) is 5.17 Å². The number of aliphatic imine (C=N–C) groups is 1. The average Bonchev–Trinajstić information content (AvgIpc) is 2.84. The number of likely N-dealkylation sites (N-methyl/N-ethyl adjacent to an activating group) is 1. The van der Waals surface area contributed by atoms with Gasteiger partial charge in [-0.05, 0) is 29.5 Å². The molecular weight excluding hydrogens is 298 g/mol. The van der Waals surface area contributed by atoms with Gasteiger partial charge in [-0.2, -0.15) is 0 Å². The normalized spacial score (nSPS) is 22.9. The summed E-state index contributed by atoms with van der Waals surface area (Å²) in [5.74, 6) is 0.00220. The maximum Gasteiger partial charge on any atom is 0.266 e. The number of para-hydroxylation sites is 1. The van der Waals surface area contributed by atoms with E-state index in [2.05, 4.69) is 16.0 Å². The number of hydrogen-bond donors (Lipinski definition) is 0. The summed E-state index contributed by atoms with van der Waals surface area (Å²) < 4.78 is 5.42. The van der Waals surface area contributed by atoms with E-state index in [1.165, 1.54) is 11.8 Å². The Hall–Kier alpha value is -1.79. The van der Waals surface area contributed by atoms with E-state index >= 15 is 0 Å². The molecule has 0 aliphatic carbocycles. The third-order valence-corrected chi connectivity index (χ3v) is 4.92. The molecule has 1 amide bonds. The van der Waals surface area contributed by atoms with Crippen molar-refractivity contribution in [3.63, 3.8) is 0 Å². The van der Waals surface area contributed by atoms with Crippen LogP contribution in [0, 0.1) is 0 Å². The molecule has 1 aromatic carbocycles. The fourth-order valence-corrected chi connectivity index (χ4v) is 3.51. The molecule has 0 bridgehead atoms. The summed E-state index contributed by atoms with van der Waals surface area (Å²) in [6.07, 6.45) is 1.96. The van der Waals surface area contributed by atoms with Crippen molar-refractivity contribution in [1.29, 1.82) is 0 Å². The number of anilines is 1. The van der Waals surface area contributed by atoms with Gasteiger partial charge in [0.05, 0.1) is 18.1 Å². The number of rotatable bonds is 2. The fourth-order valence-electron chi connectivity index (χ4n) is 2.59. The van der Waals surface area contributed by atoms with Crippen molar-refractivity contribution in [2.45, 2.75) is 0 Å². The van der Waals surface area contributed by atoms with Crippen molar-refractivity contribution in [2.24, 2.45) is 4.99 Å². The van der Waals surface area contributed by atoms with Gasteiger partial charge in [0.25, 0.3) is 5.91 Å². The monoisotopic (exact) mass is 317 g/mol. The van der Waals surface area contributed by atoms with Crippen LogP contribution in [0.4, 0.5) is 5.69 Å². The summed E-state index contributed by atoms with van der Waals surface area (Å²) in [4.78, 5) is 21.0. The van der Waals surface area contributed by atoms with Crippen LogP contribution in [0.3, 0.4) is 0 Å². The number of thioether (sulfide) groups is 1. The lowest BCUT2D eigenvalue weighted by molar-refractivity contribution is -0.121. The Labute approximate surface area is 134 Å². The van der Waals surface area contributed by atoms with E-state index in [9.17, 15) is 4.79 Å². The predicted octanol–water partition coefficient (Wildman–Crippen LogP) is 2.06. The van der Waals surface area contributed by atoms with E-state index in [0.717, 1.165) is 42.7 Å². The van der Waals surface area contributed by atoms with Crippen LogP contribution in [-0.4, -0.2) is 56.4 Å². The smallest absolute Gasteiger partial charge is 0.266 e. The standard InChI is InChI=1S/C16H19N3O2S/c1-17-16-18(2)15(20)14(22-16)11-12-5-3-4-6-13(12)19-7-9-21-10-8-19/h3-6,11H,7-10H2,1-2H3/b14-11-,17-16?. The maximum absolute atomic E-state index is 12.3. The van der Waals surface area contributed by atoms with Crippen LogP contribution < -0.4 is 4.90 Å². The summed E-state index contributed by atoms with van der Waals surface area (Å²) in [5.41, 5.74) is 2.21. The second-order valence-electron chi connectivity index (χ2n) is 5.14. The first-order chi connectivity index (χ1) is 10.7. The predicted molar refractivity (Wildman–Crippen MR) is 91.2 cm³/mol. The second kappa shape index (κ2) is 6.54. The van der Waals surface area contributed by atoms with Gasteiger partial charge in [-0.3, -0.25) is 14.7 Å². The first-order valence-corrected chi connectivity index (χ1v) is 8.08. The molecule has 0 unspecified atom stereocenters. The molecule has 5 nitrogen and oxygen atoms in total. The van der Waals surface area contributed by atoms with E-state index in [1.54, 1.807) is 19.0 Å². The molecule has 2 heterocycles. The summed E-state index contributed by atoms with van der Waals surface area (Å²) in [7, 11) is 3.46. The minimum atomic E-state index is 0.00220. The van der Waals surface area contributed by atoms with Gasteiger partial charge in [-0.15, -0.1) is 0 Å². The quantitative estimate of drug-likeness (QED) is 0.783. The second-order valence-corrected chi connectivity index (χ2v) is 6.15. The van der Waals surface area contributed by atoms with Gasteiger partial charge >= 0.3 is 0 Å². The molecule has 2 saturated heterocycles. The van der Waals surface area contributed by atoms with Crippen molar-refractivity contribution >= 4 is 34.6 Å². The zero-order valence-corrected chi connectivity index (χ0v) is 13.6. The number of ether oxygens (including phenoxy) is 1. The number of nitrogens with zero attached hydrogens (tertiary/aromatic N) is 3. The lowest BCUT2D eigenvalue weighted by Crippen LogP contribution is -2.36. The number of carbonyl (C=O) groups is 1. The molecule has 116 valence electrons. The third-order valence-electron chi connectivity index (χ3n) is 3.77. The molecule has 0 radical (unpaired) electrons. The maximum atomic E-state index is 12.3. The van der Waals surface area contributed by atoms with Gasteiger partial charge in [-0.25, -0.2) is 0 Å². The summed E-state index contributed by atoms with van der Waals surface area (Å²) in [6.45, 7) is 3.24. The van der Waals surface area contributed by atoms with Crippen LogP contribution >= 0.6 is 11.8 Å². The van der Waals surface area contributed by atoms with Gasteiger partial charge in [0.1, 0.15) is 0 Å². The Balaban J connectivity index is 1.92. The van der Waals surface area contributed by atoms with E-state index in [4.69, 9.17) is 4.74 Å². The Morgan fingerprint density at radius 1 is 1.27 bits per heavy atom. The first-order valence-electron chi connectivity index (χ1n) is 7.27. The Kier molecular flexibility index (Phi) is 4.49. The Morgan fingerprint density at radius 3 is 2.68 bits per heavy atom. The van der Waals surface area contributed by atoms with Crippen molar-refractivity contribution in [3.8, 4) is 0 Å². The average molecular weight is 317 g/mol. The fraction of sp³-hybridized carbons (Fsp3) is 0.375. The molecular formula is C16H19N3O2S. The van der Waals surface area contributed by atoms with Crippen LogP contribution in [-0.2, 0) is 9.53 Å². The van der Waals surface area contributed by atoms with E-state index in [1.807, 2.05) is 24.3 Å². The van der Waals surface area contributed by atoms with Gasteiger partial charge in [0.2, 0.25) is 0 Å². The lowest BCUT2D eigenvalue weighted by atomic mass is 10.1. The SMILES string of the molecule is CN=C1S/C(=C\c2ccccc2N2CCOCC2)C(=O)N1C. The number of amides is 1. The highest BCUT2D eigenvalue weighted by atomic mass is 32.2. The zero-order valence-electron chi connectivity index (χ0n) is 12.8. The van der Waals surface area contributed by atoms with Crippen LogP contribution in [0.5, 0.6) is 0 Å². The summed E-state index contributed by atoms with van der Waals surface area (Å²) >= 11 is 1.42. The van der Waals surface area contributed by atoms with Gasteiger partial charge in [-0.1, -0.05) is 18.2 Å². The highest BCUT2D eigenvalue weighted by Crippen LogP contribution is 2.33. The molecule has 0 spiro atoms. The molecule has 22 heavy (non-hydrogen) atoms. The molecule has 0 N–H and O–H groups in total.